The summed E-state index contributed by atoms with van der Waals surface area (Å²) in [6, 6.07) is 7.06. The normalized spacial score (nSPS) is 23.2. The fourth-order valence-corrected chi connectivity index (χ4v) is 3.78. The number of hydrogen-bond donors (Lipinski definition) is 0. The largest absolute Gasteiger partial charge is 0.243 e. The van der Waals surface area contributed by atoms with Crippen LogP contribution in [0.5, 0.6) is 0 Å². The molecule has 1 aromatic carbocycles. The van der Waals surface area contributed by atoms with Gasteiger partial charge in [0.2, 0.25) is 10.0 Å². The zero-order chi connectivity index (χ0) is 15.5. The van der Waals surface area contributed by atoms with E-state index in [1.165, 1.54) is 5.57 Å². The fourth-order valence-electron chi connectivity index (χ4n) is 2.36. The molecule has 0 aromatic heterocycles. The van der Waals surface area contributed by atoms with Gasteiger partial charge in [-0.1, -0.05) is 41.0 Å². The van der Waals surface area contributed by atoms with Gasteiger partial charge in [0.25, 0.3) is 0 Å². The van der Waals surface area contributed by atoms with E-state index in [1.54, 1.807) is 16.4 Å². The molecule has 0 saturated carbocycles. The summed E-state index contributed by atoms with van der Waals surface area (Å²) >= 11 is 0. The lowest BCUT2D eigenvalue weighted by molar-refractivity contribution is 0.466. The summed E-state index contributed by atoms with van der Waals surface area (Å²) in [5, 5.41) is 0. The van der Waals surface area contributed by atoms with Gasteiger partial charge in [-0.2, -0.15) is 4.31 Å². The van der Waals surface area contributed by atoms with Crippen LogP contribution in [-0.2, 0) is 10.0 Å². The van der Waals surface area contributed by atoms with E-state index in [2.05, 4.69) is 13.0 Å². The Morgan fingerprint density at radius 3 is 2.29 bits per heavy atom. The monoisotopic (exact) mass is 305 g/mol. The van der Waals surface area contributed by atoms with Gasteiger partial charge >= 0.3 is 0 Å². The van der Waals surface area contributed by atoms with Crippen LogP contribution < -0.4 is 0 Å². The molecule has 0 unspecified atom stereocenters. The molecule has 0 fully saturated rings. The van der Waals surface area contributed by atoms with Crippen molar-refractivity contribution in [2.24, 2.45) is 0 Å². The van der Waals surface area contributed by atoms with E-state index in [-0.39, 0.29) is 0 Å². The Balaban J connectivity index is 2.35. The molecule has 1 aliphatic heterocycles. The third-order valence-electron chi connectivity index (χ3n) is 3.76. The summed E-state index contributed by atoms with van der Waals surface area (Å²) < 4.78 is 27.1. The molecule has 114 valence electrons. The lowest BCUT2D eigenvalue weighted by atomic mass is 10.1. The lowest BCUT2D eigenvalue weighted by Crippen LogP contribution is -2.32. The molecule has 2 rings (SSSR count). The first-order valence-corrected chi connectivity index (χ1v) is 8.71. The van der Waals surface area contributed by atoms with Crippen LogP contribution in [0.3, 0.4) is 0 Å². The van der Waals surface area contributed by atoms with Crippen LogP contribution in [0.4, 0.5) is 0 Å². The predicted molar refractivity (Wildman–Crippen MR) is 86.7 cm³/mol. The van der Waals surface area contributed by atoms with Crippen LogP contribution >= 0.6 is 0 Å². The first-order chi connectivity index (χ1) is 9.89. The number of nitrogens with zero attached hydrogens (tertiary/aromatic N) is 1. The molecule has 0 N–H and O–H groups in total. The molecule has 1 aliphatic rings. The minimum absolute atomic E-state index is 0.367. The van der Waals surface area contributed by atoms with Gasteiger partial charge in [0.15, 0.2) is 0 Å². The summed E-state index contributed by atoms with van der Waals surface area (Å²) in [5.41, 5.74) is 3.41. The molecule has 0 radical (unpaired) electrons. The van der Waals surface area contributed by atoms with Gasteiger partial charge < -0.3 is 0 Å². The zero-order valence-corrected chi connectivity index (χ0v) is 13.8. The number of rotatable bonds is 2. The molecular weight excluding hydrogens is 282 g/mol. The topological polar surface area (TPSA) is 37.4 Å². The minimum Gasteiger partial charge on any atom is -0.207 e. The van der Waals surface area contributed by atoms with E-state index in [1.807, 2.05) is 32.1 Å². The molecule has 4 heteroatoms. The van der Waals surface area contributed by atoms with Crippen LogP contribution in [0.25, 0.3) is 0 Å². The second-order valence-corrected chi connectivity index (χ2v) is 7.69. The Morgan fingerprint density at radius 2 is 1.62 bits per heavy atom. The molecule has 0 spiro atoms. The number of sulfonamides is 1. The second-order valence-electron chi connectivity index (χ2n) is 5.75. The molecule has 0 atom stereocenters. The van der Waals surface area contributed by atoms with Gasteiger partial charge in [-0.15, -0.1) is 0 Å². The van der Waals surface area contributed by atoms with Crippen molar-refractivity contribution >= 4 is 10.0 Å². The predicted octanol–water partition coefficient (Wildman–Crippen LogP) is 3.67. The van der Waals surface area contributed by atoms with Crippen LogP contribution in [0.2, 0.25) is 0 Å². The van der Waals surface area contributed by atoms with E-state index in [4.69, 9.17) is 0 Å². The van der Waals surface area contributed by atoms with Crippen molar-refractivity contribution in [3.8, 4) is 0 Å². The summed E-state index contributed by atoms with van der Waals surface area (Å²) in [7, 11) is -3.44. The van der Waals surface area contributed by atoms with E-state index in [0.717, 1.165) is 24.0 Å². The van der Waals surface area contributed by atoms with E-state index < -0.39 is 10.0 Å². The number of allylic oxidation sites excluding steroid dienone is 2. The van der Waals surface area contributed by atoms with Crippen LogP contribution in [-0.4, -0.2) is 25.8 Å². The summed E-state index contributed by atoms with van der Waals surface area (Å²) in [6.45, 7) is 6.91. The Hall–Kier alpha value is -1.39. The third kappa shape index (κ3) is 4.05. The molecule has 1 heterocycles. The Kier molecular flexibility index (Phi) is 5.01. The van der Waals surface area contributed by atoms with Gasteiger partial charge in [-0.05, 0) is 45.7 Å². The highest BCUT2D eigenvalue weighted by atomic mass is 32.2. The average molecular weight is 305 g/mol. The van der Waals surface area contributed by atoms with Gasteiger partial charge in [0, 0.05) is 13.1 Å². The Morgan fingerprint density at radius 1 is 0.952 bits per heavy atom. The molecule has 21 heavy (non-hydrogen) atoms. The second kappa shape index (κ2) is 6.58. The maximum Gasteiger partial charge on any atom is 0.243 e. The van der Waals surface area contributed by atoms with Gasteiger partial charge in [0.05, 0.1) is 4.90 Å². The van der Waals surface area contributed by atoms with Crippen molar-refractivity contribution in [1.82, 2.24) is 4.31 Å². The van der Waals surface area contributed by atoms with Crippen LogP contribution in [0.1, 0.15) is 32.3 Å². The minimum atomic E-state index is -3.44. The zero-order valence-electron chi connectivity index (χ0n) is 13.0. The standard InChI is InChI=1S/C17H23NO2S/c1-14-5-4-6-16(3)13-18(12-11-14)21(19,20)17-9-7-15(2)8-10-17/h6-11H,4-5,12-13H2,1-3H3/b14-11-,16-6-. The number of benzene rings is 1. The molecule has 0 amide bonds. The Bertz CT molecular complexity index is 655. The number of hydrogen-bond acceptors (Lipinski definition) is 2. The van der Waals surface area contributed by atoms with E-state index in [0.29, 0.717) is 18.0 Å². The smallest absolute Gasteiger partial charge is 0.207 e. The Labute approximate surface area is 128 Å². The van der Waals surface area contributed by atoms with Gasteiger partial charge in [0.1, 0.15) is 0 Å². The van der Waals surface area contributed by atoms with Crippen molar-refractivity contribution < 1.29 is 8.42 Å². The van der Waals surface area contributed by atoms with Crippen molar-refractivity contribution in [2.75, 3.05) is 13.1 Å². The number of aryl methyl sites for hydroxylation is 1. The van der Waals surface area contributed by atoms with Crippen LogP contribution in [0, 0.1) is 6.92 Å². The van der Waals surface area contributed by atoms with Crippen molar-refractivity contribution in [3.63, 3.8) is 0 Å². The maximum absolute atomic E-state index is 12.8. The van der Waals surface area contributed by atoms with E-state index >= 15 is 0 Å². The quantitative estimate of drug-likeness (QED) is 0.782. The lowest BCUT2D eigenvalue weighted by Gasteiger charge is -2.21. The molecule has 1 aromatic rings. The molecule has 0 bridgehead atoms. The van der Waals surface area contributed by atoms with Gasteiger partial charge in [-0.25, -0.2) is 8.42 Å². The highest BCUT2D eigenvalue weighted by molar-refractivity contribution is 7.89. The van der Waals surface area contributed by atoms with Crippen molar-refractivity contribution in [1.29, 1.82) is 0 Å². The molecule has 0 aliphatic carbocycles. The summed E-state index contributed by atoms with van der Waals surface area (Å²) in [5.74, 6) is 0. The maximum atomic E-state index is 12.8. The van der Waals surface area contributed by atoms with Crippen LogP contribution in [0.15, 0.2) is 52.5 Å². The first-order valence-electron chi connectivity index (χ1n) is 7.27. The molecule has 3 nitrogen and oxygen atoms in total. The molecule has 0 saturated heterocycles. The summed E-state index contributed by atoms with van der Waals surface area (Å²) in [4.78, 5) is 0.367. The highest BCUT2D eigenvalue weighted by Gasteiger charge is 2.24. The highest BCUT2D eigenvalue weighted by Crippen LogP contribution is 2.20. The average Bonchev–Trinajstić information content (AvgIpc) is 2.51. The third-order valence-corrected chi connectivity index (χ3v) is 5.59. The fraction of sp³-hybridized carbons (Fsp3) is 0.412. The van der Waals surface area contributed by atoms with Gasteiger partial charge in [-0.3, -0.25) is 0 Å². The van der Waals surface area contributed by atoms with Crippen molar-refractivity contribution in [3.05, 3.63) is 53.1 Å². The first kappa shape index (κ1) is 16.0. The summed E-state index contributed by atoms with van der Waals surface area (Å²) in [6.07, 6.45) is 6.14. The molecular formula is C17H23NO2S. The van der Waals surface area contributed by atoms with Crippen molar-refractivity contribution in [2.45, 2.75) is 38.5 Å². The SMILES string of the molecule is C/C1=C/CN(S(=O)(=O)c2ccc(C)cc2)C/C(C)=C\CC1. The van der Waals surface area contributed by atoms with E-state index in [9.17, 15) is 8.42 Å².